The van der Waals surface area contributed by atoms with Gasteiger partial charge in [0.05, 0.1) is 0 Å². The molecule has 0 saturated carbocycles. The van der Waals surface area contributed by atoms with E-state index in [2.05, 4.69) is 6.92 Å². The maximum absolute atomic E-state index is 8.86. The Morgan fingerprint density at radius 1 is 1.44 bits per heavy atom. The van der Waals surface area contributed by atoms with E-state index in [0.717, 1.165) is 13.0 Å². The summed E-state index contributed by atoms with van der Waals surface area (Å²) in [6.07, 6.45) is 5.16. The first kappa shape index (κ1) is 8.47. The molecule has 0 bridgehead atoms. The van der Waals surface area contributed by atoms with Crippen LogP contribution in [0.2, 0.25) is 0 Å². The lowest BCUT2D eigenvalue weighted by Gasteiger charge is -1.90. The number of nitrogens with zero attached hydrogens (tertiary/aromatic N) is 1. The lowest BCUT2D eigenvalue weighted by Crippen LogP contribution is -2.07. The van der Waals surface area contributed by atoms with Crippen molar-refractivity contribution in [3.05, 3.63) is 0 Å². The van der Waals surface area contributed by atoms with Crippen molar-refractivity contribution in [1.82, 2.24) is 0 Å². The van der Waals surface area contributed by atoms with Gasteiger partial charge in [-0.25, -0.2) is 0 Å². The zero-order valence-corrected chi connectivity index (χ0v) is 6.30. The molecule has 0 aromatic rings. The molecule has 9 heavy (non-hydrogen) atoms. The number of hydrogen-bond donors (Lipinski definition) is 1. The summed E-state index contributed by atoms with van der Waals surface area (Å²) in [4.78, 5) is 0. The van der Waals surface area contributed by atoms with Crippen molar-refractivity contribution in [2.75, 3.05) is 6.54 Å². The molecule has 0 aliphatic heterocycles. The van der Waals surface area contributed by atoms with E-state index in [9.17, 15) is 0 Å². The Balaban J connectivity index is 3.07. The van der Waals surface area contributed by atoms with Crippen LogP contribution in [-0.2, 0) is 0 Å². The maximum Gasteiger partial charge on any atom is 0.192 e. The van der Waals surface area contributed by atoms with Crippen molar-refractivity contribution in [2.24, 2.45) is 0 Å². The fourth-order valence-electron chi connectivity index (χ4n) is 0.653. The van der Waals surface area contributed by atoms with Gasteiger partial charge in [-0.2, -0.15) is 0 Å². The van der Waals surface area contributed by atoms with Crippen LogP contribution in [0.1, 0.15) is 33.1 Å². The quantitative estimate of drug-likeness (QED) is 0.202. The summed E-state index contributed by atoms with van der Waals surface area (Å²) >= 11 is 0. The minimum atomic E-state index is 0.768. The second kappa shape index (κ2) is 5.60. The fraction of sp³-hybridized carbons (Fsp3) is 0.857. The van der Waals surface area contributed by atoms with Crippen molar-refractivity contribution < 1.29 is 9.95 Å². The van der Waals surface area contributed by atoms with Gasteiger partial charge >= 0.3 is 0 Å². The predicted molar refractivity (Wildman–Crippen MR) is 38.2 cm³/mol. The molecule has 0 rings (SSSR count). The van der Waals surface area contributed by atoms with Gasteiger partial charge in [-0.3, -0.25) is 5.21 Å². The first-order valence-corrected chi connectivity index (χ1v) is 3.56. The SMILES string of the molecule is CC=[N+](O)CCCCC. The van der Waals surface area contributed by atoms with Crippen LogP contribution >= 0.6 is 0 Å². The van der Waals surface area contributed by atoms with Gasteiger partial charge in [-0.15, -0.1) is 0 Å². The summed E-state index contributed by atoms with van der Waals surface area (Å²) in [6, 6.07) is 0. The van der Waals surface area contributed by atoms with Gasteiger partial charge in [-0.1, -0.05) is 13.3 Å². The molecular formula is C7H16NO+. The molecule has 0 atom stereocenters. The van der Waals surface area contributed by atoms with Gasteiger partial charge in [0.15, 0.2) is 12.8 Å². The average molecular weight is 130 g/mol. The van der Waals surface area contributed by atoms with Gasteiger partial charge in [0.2, 0.25) is 0 Å². The van der Waals surface area contributed by atoms with Crippen molar-refractivity contribution >= 4 is 6.21 Å². The highest BCUT2D eigenvalue weighted by molar-refractivity contribution is 5.46. The molecule has 0 spiro atoms. The summed E-state index contributed by atoms with van der Waals surface area (Å²) in [7, 11) is 0. The molecular weight excluding hydrogens is 114 g/mol. The van der Waals surface area contributed by atoms with Crippen LogP contribution in [0.5, 0.6) is 0 Å². The molecule has 1 N–H and O–H groups in total. The minimum absolute atomic E-state index is 0.768. The van der Waals surface area contributed by atoms with Crippen LogP contribution in [0.3, 0.4) is 0 Å². The van der Waals surface area contributed by atoms with Crippen molar-refractivity contribution in [1.29, 1.82) is 0 Å². The molecule has 0 fully saturated rings. The van der Waals surface area contributed by atoms with Gasteiger partial charge in [0.1, 0.15) is 0 Å². The lowest BCUT2D eigenvalue weighted by atomic mass is 10.2. The van der Waals surface area contributed by atoms with Gasteiger partial charge in [0.25, 0.3) is 0 Å². The highest BCUT2D eigenvalue weighted by Crippen LogP contribution is 1.91. The molecule has 0 aliphatic rings. The monoisotopic (exact) mass is 130 g/mol. The zero-order valence-electron chi connectivity index (χ0n) is 6.30. The molecule has 0 amide bonds. The van der Waals surface area contributed by atoms with E-state index >= 15 is 0 Å². The second-order valence-electron chi connectivity index (χ2n) is 2.13. The summed E-state index contributed by atoms with van der Waals surface area (Å²) in [5.74, 6) is 0. The van der Waals surface area contributed by atoms with Crippen LogP contribution in [0, 0.1) is 0 Å². The van der Waals surface area contributed by atoms with E-state index in [1.807, 2.05) is 6.92 Å². The highest BCUT2D eigenvalue weighted by atomic mass is 16.5. The first-order chi connectivity index (χ1) is 4.31. The number of unbranched alkanes of at least 4 members (excludes halogenated alkanes) is 2. The Bertz CT molecular complexity index is 88.9. The number of rotatable bonds is 4. The summed E-state index contributed by atoms with van der Waals surface area (Å²) in [5, 5.41) is 8.86. The Hall–Kier alpha value is -0.530. The summed E-state index contributed by atoms with van der Waals surface area (Å²) < 4.78 is 1.23. The normalized spacial score (nSPS) is 12.0. The molecule has 54 valence electrons. The molecule has 2 nitrogen and oxygen atoms in total. The van der Waals surface area contributed by atoms with Crippen molar-refractivity contribution in [3.63, 3.8) is 0 Å². The average Bonchev–Trinajstić information content (AvgIpc) is 1.89. The Morgan fingerprint density at radius 3 is 2.56 bits per heavy atom. The number of hydroxylamine groups is 1. The van der Waals surface area contributed by atoms with Gasteiger partial charge < -0.3 is 0 Å². The predicted octanol–water partition coefficient (Wildman–Crippen LogP) is 1.67. The van der Waals surface area contributed by atoms with Gasteiger partial charge in [-0.05, 0) is 11.2 Å². The second-order valence-corrected chi connectivity index (χ2v) is 2.13. The van der Waals surface area contributed by atoms with Crippen molar-refractivity contribution in [3.8, 4) is 0 Å². The van der Waals surface area contributed by atoms with E-state index in [4.69, 9.17) is 5.21 Å². The smallest absolute Gasteiger partial charge is 0.192 e. The third kappa shape index (κ3) is 5.34. The highest BCUT2D eigenvalue weighted by Gasteiger charge is 1.94. The summed E-state index contributed by atoms with van der Waals surface area (Å²) in [6.45, 7) is 4.74. The molecule has 0 heterocycles. The van der Waals surface area contributed by atoms with Crippen LogP contribution in [-0.4, -0.2) is 22.7 Å². The first-order valence-electron chi connectivity index (χ1n) is 3.56. The minimum Gasteiger partial charge on any atom is -0.291 e. The zero-order chi connectivity index (χ0) is 7.11. The standard InChI is InChI=1S/C7H16NO/c1-3-5-6-7-8(9)4-2/h4,9H,3,5-7H2,1-2H3/q+1. The van der Waals surface area contributed by atoms with Crippen LogP contribution in [0.15, 0.2) is 0 Å². The molecule has 0 saturated heterocycles. The van der Waals surface area contributed by atoms with Gasteiger partial charge in [0, 0.05) is 13.3 Å². The topological polar surface area (TPSA) is 23.2 Å². The molecule has 0 radical (unpaired) electrons. The molecule has 0 aliphatic carbocycles. The largest absolute Gasteiger partial charge is 0.291 e. The lowest BCUT2D eigenvalue weighted by molar-refractivity contribution is -0.771. The summed E-state index contributed by atoms with van der Waals surface area (Å²) in [5.41, 5.74) is 0. The van der Waals surface area contributed by atoms with Crippen molar-refractivity contribution in [2.45, 2.75) is 33.1 Å². The third-order valence-electron chi connectivity index (χ3n) is 1.29. The molecule has 0 aromatic heterocycles. The van der Waals surface area contributed by atoms with E-state index in [1.54, 1.807) is 6.21 Å². The fourth-order valence-corrected chi connectivity index (χ4v) is 0.653. The Kier molecular flexibility index (Phi) is 5.27. The molecule has 0 aromatic carbocycles. The third-order valence-corrected chi connectivity index (χ3v) is 1.29. The van der Waals surface area contributed by atoms with Crippen LogP contribution in [0.4, 0.5) is 0 Å². The maximum atomic E-state index is 8.86. The number of hydrogen-bond acceptors (Lipinski definition) is 1. The Labute approximate surface area is 56.8 Å². The molecule has 2 heteroatoms. The van der Waals surface area contributed by atoms with Crippen LogP contribution in [0.25, 0.3) is 0 Å². The van der Waals surface area contributed by atoms with E-state index in [-0.39, 0.29) is 0 Å². The van der Waals surface area contributed by atoms with E-state index in [0.29, 0.717) is 0 Å². The molecule has 0 unspecified atom stereocenters. The Morgan fingerprint density at radius 2 is 2.11 bits per heavy atom. The van der Waals surface area contributed by atoms with E-state index < -0.39 is 0 Å². The van der Waals surface area contributed by atoms with Crippen LogP contribution < -0.4 is 0 Å². The van der Waals surface area contributed by atoms with E-state index in [1.165, 1.54) is 17.6 Å².